The van der Waals surface area contributed by atoms with Crippen LogP contribution in [-0.4, -0.2) is 20.3 Å². The van der Waals surface area contributed by atoms with E-state index in [1.807, 2.05) is 0 Å². The third-order valence-electron chi connectivity index (χ3n) is 2.28. The minimum Gasteiger partial charge on any atom is -0.266 e. The fourth-order valence-electron chi connectivity index (χ4n) is 1.81. The van der Waals surface area contributed by atoms with Crippen molar-refractivity contribution < 1.29 is 12.6 Å². The molecule has 1 aliphatic heterocycles. The molecule has 0 aromatic heterocycles. The van der Waals surface area contributed by atoms with Gasteiger partial charge in [0.25, 0.3) is 10.1 Å². The van der Waals surface area contributed by atoms with E-state index >= 15 is 0 Å². The van der Waals surface area contributed by atoms with E-state index in [1.54, 1.807) is 0 Å². The highest BCUT2D eigenvalue weighted by molar-refractivity contribution is 7.86. The molecule has 1 saturated carbocycles. The third kappa shape index (κ3) is 0.953. The maximum Gasteiger partial charge on any atom is 0.267 e. The van der Waals surface area contributed by atoms with Gasteiger partial charge >= 0.3 is 0 Å². The second-order valence-electron chi connectivity index (χ2n) is 3.05. The predicted molar refractivity (Wildman–Crippen MR) is 36.0 cm³/mol. The Labute approximate surface area is 60.5 Å². The zero-order chi connectivity index (χ0) is 7.19. The first kappa shape index (κ1) is 6.61. The normalized spacial score (nSPS) is 43.6. The van der Waals surface area contributed by atoms with Crippen LogP contribution in [0.1, 0.15) is 19.3 Å². The van der Waals surface area contributed by atoms with Crippen LogP contribution in [0.15, 0.2) is 0 Å². The molecule has 1 saturated heterocycles. The molecular formula is C6H10O3S. The fraction of sp³-hybridized carbons (Fsp3) is 1.00. The molecule has 0 N–H and O–H groups in total. The van der Waals surface area contributed by atoms with Gasteiger partial charge in [0.15, 0.2) is 0 Å². The topological polar surface area (TPSA) is 43.4 Å². The minimum absolute atomic E-state index is 0.0324. The smallest absolute Gasteiger partial charge is 0.266 e. The second kappa shape index (κ2) is 1.95. The quantitative estimate of drug-likeness (QED) is 0.487. The van der Waals surface area contributed by atoms with Crippen molar-refractivity contribution in [2.75, 3.05) is 5.75 Å². The average molecular weight is 162 g/mol. The number of hydrogen-bond acceptors (Lipinski definition) is 3. The molecule has 0 unspecified atom stereocenters. The van der Waals surface area contributed by atoms with Gasteiger partial charge in [-0.3, -0.25) is 4.18 Å². The number of fused-ring (bicyclic) bond motifs is 1. The predicted octanol–water partition coefficient (Wildman–Crippen LogP) is 0.515. The Balaban J connectivity index is 2.21. The van der Waals surface area contributed by atoms with Crippen molar-refractivity contribution in [1.29, 1.82) is 0 Å². The first-order valence-electron chi connectivity index (χ1n) is 3.58. The van der Waals surface area contributed by atoms with Crippen molar-refractivity contribution in [1.82, 2.24) is 0 Å². The van der Waals surface area contributed by atoms with Crippen LogP contribution in [0.5, 0.6) is 0 Å². The molecule has 0 radical (unpaired) electrons. The molecule has 2 atom stereocenters. The maximum absolute atomic E-state index is 10.8. The summed E-state index contributed by atoms with van der Waals surface area (Å²) in [6.07, 6.45) is 3.13. The Morgan fingerprint density at radius 3 is 2.80 bits per heavy atom. The van der Waals surface area contributed by atoms with E-state index in [0.29, 0.717) is 5.92 Å². The van der Waals surface area contributed by atoms with E-state index in [9.17, 15) is 8.42 Å². The van der Waals surface area contributed by atoms with E-state index in [2.05, 4.69) is 0 Å². The zero-order valence-electron chi connectivity index (χ0n) is 5.62. The van der Waals surface area contributed by atoms with Crippen LogP contribution in [0.2, 0.25) is 0 Å². The summed E-state index contributed by atoms with van der Waals surface area (Å²) in [6, 6.07) is 0. The average Bonchev–Trinajstić information content (AvgIpc) is 2.20. The molecule has 0 aromatic rings. The maximum atomic E-state index is 10.8. The molecular weight excluding hydrogens is 152 g/mol. The SMILES string of the molecule is O=S1(=O)C[C@H]2CCC[C@H]2O1. The summed E-state index contributed by atoms with van der Waals surface area (Å²) in [7, 11) is -3.11. The molecule has 0 aromatic carbocycles. The second-order valence-corrected chi connectivity index (χ2v) is 4.69. The summed E-state index contributed by atoms with van der Waals surface area (Å²) < 4.78 is 26.5. The molecule has 10 heavy (non-hydrogen) atoms. The molecule has 4 heteroatoms. The molecule has 2 fully saturated rings. The van der Waals surface area contributed by atoms with Crippen LogP contribution in [0.25, 0.3) is 0 Å². The summed E-state index contributed by atoms with van der Waals surface area (Å²) in [5.74, 6) is 0.572. The van der Waals surface area contributed by atoms with Crippen molar-refractivity contribution in [3.63, 3.8) is 0 Å². The summed E-state index contributed by atoms with van der Waals surface area (Å²) in [5.41, 5.74) is 0. The molecule has 0 spiro atoms. The fourth-order valence-corrected chi connectivity index (χ4v) is 3.42. The summed E-state index contributed by atoms with van der Waals surface area (Å²) >= 11 is 0. The first-order chi connectivity index (χ1) is 4.67. The van der Waals surface area contributed by atoms with Gasteiger partial charge in [0.2, 0.25) is 0 Å². The summed E-state index contributed by atoms with van der Waals surface area (Å²) in [4.78, 5) is 0. The van der Waals surface area contributed by atoms with Gasteiger partial charge in [0.1, 0.15) is 0 Å². The molecule has 1 aliphatic carbocycles. The molecule has 1 heterocycles. The van der Waals surface area contributed by atoms with Crippen LogP contribution in [0.3, 0.4) is 0 Å². The van der Waals surface area contributed by atoms with Crippen LogP contribution < -0.4 is 0 Å². The van der Waals surface area contributed by atoms with E-state index in [4.69, 9.17) is 4.18 Å². The monoisotopic (exact) mass is 162 g/mol. The van der Waals surface area contributed by atoms with Crippen molar-refractivity contribution in [3.8, 4) is 0 Å². The Kier molecular flexibility index (Phi) is 1.29. The standard InChI is InChI=1S/C6H10O3S/c7-10(8)4-5-2-1-3-6(5)9-10/h5-6H,1-4H2/t5-,6-/m1/s1. The lowest BCUT2D eigenvalue weighted by Gasteiger charge is -2.01. The number of rotatable bonds is 0. The summed E-state index contributed by atoms with van der Waals surface area (Å²) in [5, 5.41) is 0. The van der Waals surface area contributed by atoms with E-state index < -0.39 is 10.1 Å². The van der Waals surface area contributed by atoms with E-state index in [0.717, 1.165) is 19.3 Å². The molecule has 3 nitrogen and oxygen atoms in total. The lowest BCUT2D eigenvalue weighted by molar-refractivity contribution is 0.213. The van der Waals surface area contributed by atoms with Crippen LogP contribution in [-0.2, 0) is 14.3 Å². The van der Waals surface area contributed by atoms with Gasteiger partial charge < -0.3 is 0 Å². The Hall–Kier alpha value is -0.0900. The lowest BCUT2D eigenvalue weighted by atomic mass is 10.1. The Morgan fingerprint density at radius 1 is 1.30 bits per heavy atom. The Bertz CT molecular complexity index is 213. The van der Waals surface area contributed by atoms with Crippen molar-refractivity contribution >= 4 is 10.1 Å². The van der Waals surface area contributed by atoms with Crippen molar-refractivity contribution in [2.45, 2.75) is 25.4 Å². The molecule has 0 amide bonds. The van der Waals surface area contributed by atoms with E-state index in [1.165, 1.54) is 0 Å². The van der Waals surface area contributed by atoms with Gasteiger partial charge in [-0.15, -0.1) is 0 Å². The third-order valence-corrected chi connectivity index (χ3v) is 3.65. The highest BCUT2D eigenvalue weighted by Gasteiger charge is 2.41. The molecule has 0 bridgehead atoms. The van der Waals surface area contributed by atoms with Crippen molar-refractivity contribution in [2.24, 2.45) is 5.92 Å². The molecule has 2 aliphatic rings. The zero-order valence-corrected chi connectivity index (χ0v) is 6.43. The molecule has 2 rings (SSSR count). The highest BCUT2D eigenvalue weighted by atomic mass is 32.2. The first-order valence-corrected chi connectivity index (χ1v) is 5.16. The largest absolute Gasteiger partial charge is 0.267 e. The van der Waals surface area contributed by atoms with Gasteiger partial charge in [0.05, 0.1) is 11.9 Å². The lowest BCUT2D eigenvalue weighted by Crippen LogP contribution is -2.07. The highest BCUT2D eigenvalue weighted by Crippen LogP contribution is 2.35. The molecule has 58 valence electrons. The van der Waals surface area contributed by atoms with Crippen LogP contribution in [0.4, 0.5) is 0 Å². The van der Waals surface area contributed by atoms with Gasteiger partial charge in [-0.05, 0) is 12.8 Å². The van der Waals surface area contributed by atoms with Gasteiger partial charge in [-0.1, -0.05) is 6.42 Å². The van der Waals surface area contributed by atoms with Gasteiger partial charge in [-0.25, -0.2) is 0 Å². The van der Waals surface area contributed by atoms with Crippen molar-refractivity contribution in [3.05, 3.63) is 0 Å². The number of hydrogen-bond donors (Lipinski definition) is 0. The minimum atomic E-state index is -3.11. The van der Waals surface area contributed by atoms with E-state index in [-0.39, 0.29) is 11.9 Å². The van der Waals surface area contributed by atoms with Crippen LogP contribution in [0, 0.1) is 5.92 Å². The van der Waals surface area contributed by atoms with Gasteiger partial charge in [-0.2, -0.15) is 8.42 Å². The van der Waals surface area contributed by atoms with Gasteiger partial charge in [0, 0.05) is 5.92 Å². The Morgan fingerprint density at radius 2 is 2.10 bits per heavy atom. The summed E-state index contributed by atoms with van der Waals surface area (Å²) in [6.45, 7) is 0. The van der Waals surface area contributed by atoms with Crippen LogP contribution >= 0.6 is 0 Å².